The highest BCUT2D eigenvalue weighted by molar-refractivity contribution is 5.94. The summed E-state index contributed by atoms with van der Waals surface area (Å²) in [5.41, 5.74) is 2.05. The van der Waals surface area contributed by atoms with E-state index in [1.165, 1.54) is 12.8 Å². The zero-order chi connectivity index (χ0) is 12.1. The number of hydrogen-bond donors (Lipinski definition) is 2. The van der Waals surface area contributed by atoms with Gasteiger partial charge in [-0.2, -0.15) is 0 Å². The van der Waals surface area contributed by atoms with Crippen molar-refractivity contribution < 1.29 is 4.79 Å². The summed E-state index contributed by atoms with van der Waals surface area (Å²) in [4.78, 5) is 12.1. The molecule has 1 amide bonds. The van der Waals surface area contributed by atoms with Crippen LogP contribution in [0.1, 0.15) is 31.2 Å². The van der Waals surface area contributed by atoms with Crippen molar-refractivity contribution in [3.8, 4) is 0 Å². The van der Waals surface area contributed by atoms with E-state index in [1.54, 1.807) is 0 Å². The third-order valence-electron chi connectivity index (χ3n) is 3.16. The summed E-state index contributed by atoms with van der Waals surface area (Å²) >= 11 is 0. The molecule has 0 aromatic heterocycles. The second-order valence-corrected chi connectivity index (χ2v) is 4.71. The van der Waals surface area contributed by atoms with Gasteiger partial charge in [0.05, 0.1) is 6.04 Å². The first-order valence-electron chi connectivity index (χ1n) is 6.36. The van der Waals surface area contributed by atoms with E-state index in [0.717, 1.165) is 30.6 Å². The normalized spacial score (nSPS) is 20.6. The average molecular weight is 232 g/mol. The Balaban J connectivity index is 1.95. The lowest BCUT2D eigenvalue weighted by Crippen LogP contribution is -2.39. The molecule has 3 heteroatoms. The molecule has 1 aromatic rings. The van der Waals surface area contributed by atoms with Crippen LogP contribution in [0.2, 0.25) is 0 Å². The number of anilines is 1. The van der Waals surface area contributed by atoms with Gasteiger partial charge in [0.25, 0.3) is 0 Å². The van der Waals surface area contributed by atoms with Gasteiger partial charge in [-0.25, -0.2) is 0 Å². The summed E-state index contributed by atoms with van der Waals surface area (Å²) in [5, 5.41) is 6.28. The van der Waals surface area contributed by atoms with Crippen molar-refractivity contribution >= 4 is 11.6 Å². The molecule has 1 heterocycles. The predicted octanol–water partition coefficient (Wildman–Crippen LogP) is 2.47. The van der Waals surface area contributed by atoms with Gasteiger partial charge >= 0.3 is 0 Å². The molecule has 0 saturated carbocycles. The van der Waals surface area contributed by atoms with Crippen molar-refractivity contribution in [1.29, 1.82) is 0 Å². The highest BCUT2D eigenvalue weighted by Gasteiger charge is 2.19. The smallest absolute Gasteiger partial charge is 0.241 e. The molecule has 1 aromatic carbocycles. The minimum atomic E-state index is -0.0296. The molecule has 1 saturated heterocycles. The van der Waals surface area contributed by atoms with E-state index < -0.39 is 0 Å². The first-order valence-corrected chi connectivity index (χ1v) is 6.36. The number of nitrogens with one attached hydrogen (secondary N) is 2. The average Bonchev–Trinajstić information content (AvgIpc) is 2.57. The highest BCUT2D eigenvalue weighted by atomic mass is 16.2. The molecular weight excluding hydrogens is 212 g/mol. The van der Waals surface area contributed by atoms with Crippen molar-refractivity contribution in [3.63, 3.8) is 0 Å². The van der Waals surface area contributed by atoms with E-state index >= 15 is 0 Å². The number of rotatable bonds is 2. The summed E-state index contributed by atoms with van der Waals surface area (Å²) in [6.45, 7) is 2.98. The number of benzene rings is 1. The standard InChI is InChI=1S/C14H20N2O/c1-11-6-5-7-12(10-11)16-14(17)13-8-3-2-4-9-15-13/h5-7,10,13,15H,2-4,8-9H2,1H3,(H,16,17). The maximum atomic E-state index is 12.1. The second kappa shape index (κ2) is 5.82. The largest absolute Gasteiger partial charge is 0.325 e. The second-order valence-electron chi connectivity index (χ2n) is 4.71. The molecule has 3 nitrogen and oxygen atoms in total. The van der Waals surface area contributed by atoms with Gasteiger partial charge in [-0.1, -0.05) is 25.0 Å². The Morgan fingerprint density at radius 1 is 1.35 bits per heavy atom. The molecule has 0 radical (unpaired) electrons. The van der Waals surface area contributed by atoms with Gasteiger partial charge in [0.2, 0.25) is 5.91 Å². The van der Waals surface area contributed by atoms with Crippen LogP contribution in [-0.4, -0.2) is 18.5 Å². The number of carbonyl (C=O) groups is 1. The fourth-order valence-electron chi connectivity index (χ4n) is 2.20. The van der Waals surface area contributed by atoms with Gasteiger partial charge in [0.1, 0.15) is 0 Å². The number of aryl methyl sites for hydroxylation is 1. The molecule has 0 spiro atoms. The third-order valence-corrected chi connectivity index (χ3v) is 3.16. The van der Waals surface area contributed by atoms with Gasteiger partial charge in [0, 0.05) is 5.69 Å². The van der Waals surface area contributed by atoms with Crippen LogP contribution in [0.3, 0.4) is 0 Å². The summed E-state index contributed by atoms with van der Waals surface area (Å²) in [6.07, 6.45) is 4.48. The van der Waals surface area contributed by atoms with Crippen molar-refractivity contribution in [2.75, 3.05) is 11.9 Å². The van der Waals surface area contributed by atoms with E-state index in [0.29, 0.717) is 0 Å². The molecule has 1 atom stereocenters. The van der Waals surface area contributed by atoms with Gasteiger partial charge in [-0.3, -0.25) is 4.79 Å². The molecule has 1 aliphatic heterocycles. The minimum Gasteiger partial charge on any atom is -0.325 e. The lowest BCUT2D eigenvalue weighted by Gasteiger charge is -2.15. The first kappa shape index (κ1) is 12.1. The van der Waals surface area contributed by atoms with Gasteiger partial charge in [-0.15, -0.1) is 0 Å². The van der Waals surface area contributed by atoms with E-state index in [-0.39, 0.29) is 11.9 Å². The summed E-state index contributed by atoms with van der Waals surface area (Å²) in [7, 11) is 0. The van der Waals surface area contributed by atoms with Gasteiger partial charge < -0.3 is 10.6 Å². The quantitative estimate of drug-likeness (QED) is 0.822. The monoisotopic (exact) mass is 232 g/mol. The van der Waals surface area contributed by atoms with Crippen molar-refractivity contribution in [1.82, 2.24) is 5.32 Å². The molecule has 2 N–H and O–H groups in total. The number of amides is 1. The molecule has 1 aliphatic rings. The van der Waals surface area contributed by atoms with E-state index in [4.69, 9.17) is 0 Å². The van der Waals surface area contributed by atoms with Crippen molar-refractivity contribution in [2.45, 2.75) is 38.6 Å². The Labute approximate surface area is 103 Å². The zero-order valence-corrected chi connectivity index (χ0v) is 10.3. The van der Waals surface area contributed by atoms with Crippen LogP contribution in [0, 0.1) is 6.92 Å². The molecular formula is C14H20N2O. The van der Waals surface area contributed by atoms with Gasteiger partial charge in [-0.05, 0) is 44.0 Å². The van der Waals surface area contributed by atoms with E-state index in [1.807, 2.05) is 31.2 Å². The molecule has 1 fully saturated rings. The first-order chi connectivity index (χ1) is 8.25. The fraction of sp³-hybridized carbons (Fsp3) is 0.500. The maximum absolute atomic E-state index is 12.1. The summed E-state index contributed by atoms with van der Waals surface area (Å²) < 4.78 is 0. The van der Waals surface area contributed by atoms with Crippen molar-refractivity contribution in [3.05, 3.63) is 29.8 Å². The summed E-state index contributed by atoms with van der Waals surface area (Å²) in [6, 6.07) is 7.89. The topological polar surface area (TPSA) is 41.1 Å². The molecule has 1 unspecified atom stereocenters. The van der Waals surface area contributed by atoms with Crippen LogP contribution in [0.5, 0.6) is 0 Å². The summed E-state index contributed by atoms with van der Waals surface area (Å²) in [5.74, 6) is 0.0949. The van der Waals surface area contributed by atoms with Crippen LogP contribution in [0.25, 0.3) is 0 Å². The molecule has 2 rings (SSSR count). The SMILES string of the molecule is Cc1cccc(NC(=O)C2CCCCCN2)c1. The minimum absolute atomic E-state index is 0.0296. The van der Waals surface area contributed by atoms with Crippen molar-refractivity contribution in [2.24, 2.45) is 0 Å². The number of hydrogen-bond acceptors (Lipinski definition) is 2. The third kappa shape index (κ3) is 3.56. The lowest BCUT2D eigenvalue weighted by atomic mass is 10.1. The Hall–Kier alpha value is -1.35. The predicted molar refractivity (Wildman–Crippen MR) is 70.1 cm³/mol. The van der Waals surface area contributed by atoms with Gasteiger partial charge in [0.15, 0.2) is 0 Å². The van der Waals surface area contributed by atoms with Crippen LogP contribution in [0.4, 0.5) is 5.69 Å². The Kier molecular flexibility index (Phi) is 4.15. The molecule has 17 heavy (non-hydrogen) atoms. The van der Waals surface area contributed by atoms with E-state index in [9.17, 15) is 4.79 Å². The Morgan fingerprint density at radius 2 is 2.24 bits per heavy atom. The number of carbonyl (C=O) groups excluding carboxylic acids is 1. The fourth-order valence-corrected chi connectivity index (χ4v) is 2.20. The maximum Gasteiger partial charge on any atom is 0.241 e. The Bertz CT molecular complexity index is 382. The van der Waals surface area contributed by atoms with Crippen LogP contribution < -0.4 is 10.6 Å². The van der Waals surface area contributed by atoms with E-state index in [2.05, 4.69) is 10.6 Å². The Morgan fingerprint density at radius 3 is 3.06 bits per heavy atom. The zero-order valence-electron chi connectivity index (χ0n) is 10.3. The molecule has 92 valence electrons. The van der Waals surface area contributed by atoms with Crippen LogP contribution in [0.15, 0.2) is 24.3 Å². The van der Waals surface area contributed by atoms with Crippen LogP contribution in [-0.2, 0) is 4.79 Å². The molecule has 0 bridgehead atoms. The van der Waals surface area contributed by atoms with Crippen LogP contribution >= 0.6 is 0 Å². The lowest BCUT2D eigenvalue weighted by molar-refractivity contribution is -0.118. The highest BCUT2D eigenvalue weighted by Crippen LogP contribution is 2.13. The molecule has 0 aliphatic carbocycles.